The molecule has 0 aromatic heterocycles. The molecular formula is C12H19N3O2. The van der Waals surface area contributed by atoms with Gasteiger partial charge in [-0.05, 0) is 31.5 Å². The van der Waals surface area contributed by atoms with Gasteiger partial charge in [-0.15, -0.1) is 0 Å². The Labute approximate surface area is 101 Å². The summed E-state index contributed by atoms with van der Waals surface area (Å²) in [4.78, 5) is 13.5. The highest BCUT2D eigenvalue weighted by molar-refractivity contribution is 5.99. The van der Waals surface area contributed by atoms with Gasteiger partial charge in [0.15, 0.2) is 0 Å². The molecule has 1 rings (SSSR count). The van der Waals surface area contributed by atoms with Gasteiger partial charge in [0.1, 0.15) is 0 Å². The third kappa shape index (κ3) is 3.64. The number of aliphatic hydroxyl groups is 1. The van der Waals surface area contributed by atoms with E-state index in [2.05, 4.69) is 0 Å². The van der Waals surface area contributed by atoms with Crippen LogP contribution in [0, 0.1) is 0 Å². The first-order valence-corrected chi connectivity index (χ1v) is 5.50. The van der Waals surface area contributed by atoms with Crippen molar-refractivity contribution >= 4 is 17.3 Å². The van der Waals surface area contributed by atoms with E-state index in [1.165, 1.54) is 4.90 Å². The molecule has 1 aromatic carbocycles. The second kappa shape index (κ2) is 5.54. The van der Waals surface area contributed by atoms with Crippen molar-refractivity contribution in [2.45, 2.75) is 19.4 Å². The zero-order chi connectivity index (χ0) is 13.0. The van der Waals surface area contributed by atoms with E-state index in [1.54, 1.807) is 32.2 Å². The van der Waals surface area contributed by atoms with Gasteiger partial charge in [-0.3, -0.25) is 4.79 Å². The van der Waals surface area contributed by atoms with Crippen molar-refractivity contribution in [1.29, 1.82) is 0 Å². The molecule has 5 N–H and O–H groups in total. The highest BCUT2D eigenvalue weighted by Crippen LogP contribution is 2.17. The minimum absolute atomic E-state index is 0.164. The maximum Gasteiger partial charge on any atom is 0.255 e. The molecule has 0 spiro atoms. The smallest absolute Gasteiger partial charge is 0.255 e. The van der Waals surface area contributed by atoms with Crippen LogP contribution >= 0.6 is 0 Å². The molecule has 5 heteroatoms. The number of amides is 1. The first-order chi connectivity index (χ1) is 7.91. The molecule has 0 radical (unpaired) electrons. The number of anilines is 2. The minimum Gasteiger partial charge on any atom is -0.399 e. The van der Waals surface area contributed by atoms with Crippen LogP contribution in [0.4, 0.5) is 11.4 Å². The van der Waals surface area contributed by atoms with Gasteiger partial charge in [0.05, 0.1) is 11.7 Å². The maximum atomic E-state index is 12.0. The largest absolute Gasteiger partial charge is 0.399 e. The van der Waals surface area contributed by atoms with E-state index >= 15 is 0 Å². The Kier molecular flexibility index (Phi) is 4.34. The number of nitrogen functional groups attached to an aromatic ring is 2. The molecule has 0 aliphatic heterocycles. The average Bonchev–Trinajstić information content (AvgIpc) is 2.25. The molecule has 1 aromatic rings. The molecule has 0 aliphatic rings. The zero-order valence-electron chi connectivity index (χ0n) is 10.2. The Morgan fingerprint density at radius 1 is 1.47 bits per heavy atom. The Morgan fingerprint density at radius 2 is 2.12 bits per heavy atom. The molecule has 5 nitrogen and oxygen atoms in total. The normalized spacial score (nSPS) is 12.2. The fraction of sp³-hybridized carbons (Fsp3) is 0.417. The Balaban J connectivity index is 2.75. The Morgan fingerprint density at radius 3 is 2.65 bits per heavy atom. The van der Waals surface area contributed by atoms with E-state index in [0.29, 0.717) is 29.9 Å². The summed E-state index contributed by atoms with van der Waals surface area (Å²) in [6.45, 7) is 2.18. The third-order valence-corrected chi connectivity index (χ3v) is 2.54. The standard InChI is InChI=1S/C12H19N3O2/c1-8(16)5-6-15(2)12(17)10-4-3-9(13)7-11(10)14/h3-4,7-8,16H,5-6,13-14H2,1-2H3. The van der Waals surface area contributed by atoms with E-state index in [4.69, 9.17) is 16.6 Å². The third-order valence-electron chi connectivity index (χ3n) is 2.54. The lowest BCUT2D eigenvalue weighted by atomic mass is 10.1. The van der Waals surface area contributed by atoms with Gasteiger partial charge in [-0.1, -0.05) is 0 Å². The number of carbonyl (C=O) groups is 1. The van der Waals surface area contributed by atoms with E-state index in [0.717, 1.165) is 0 Å². The quantitative estimate of drug-likeness (QED) is 0.672. The maximum absolute atomic E-state index is 12.0. The number of carbonyl (C=O) groups excluding carboxylic acids is 1. The fourth-order valence-corrected chi connectivity index (χ4v) is 1.46. The van der Waals surface area contributed by atoms with Gasteiger partial charge in [0.25, 0.3) is 5.91 Å². The van der Waals surface area contributed by atoms with Crippen molar-refractivity contribution in [1.82, 2.24) is 4.90 Å². The summed E-state index contributed by atoms with van der Waals surface area (Å²) in [5, 5.41) is 9.17. The lowest BCUT2D eigenvalue weighted by molar-refractivity contribution is 0.0770. The predicted octanol–water partition coefficient (Wildman–Crippen LogP) is 0.694. The highest BCUT2D eigenvalue weighted by Gasteiger charge is 2.14. The van der Waals surface area contributed by atoms with E-state index in [1.807, 2.05) is 0 Å². The number of benzene rings is 1. The topological polar surface area (TPSA) is 92.6 Å². The SMILES string of the molecule is CC(O)CCN(C)C(=O)c1ccc(N)cc1N. The lowest BCUT2D eigenvalue weighted by Crippen LogP contribution is -2.30. The van der Waals surface area contributed by atoms with Crippen LogP contribution in [0.3, 0.4) is 0 Å². The van der Waals surface area contributed by atoms with E-state index < -0.39 is 6.10 Å². The Hall–Kier alpha value is -1.75. The molecule has 1 amide bonds. The molecule has 1 atom stereocenters. The van der Waals surface area contributed by atoms with Crippen molar-refractivity contribution in [3.8, 4) is 0 Å². The first-order valence-electron chi connectivity index (χ1n) is 5.50. The Bertz CT molecular complexity index is 405. The molecule has 17 heavy (non-hydrogen) atoms. The van der Waals surface area contributed by atoms with Crippen LogP contribution in [0.15, 0.2) is 18.2 Å². The van der Waals surface area contributed by atoms with Crippen molar-refractivity contribution < 1.29 is 9.90 Å². The van der Waals surface area contributed by atoms with Crippen LogP contribution < -0.4 is 11.5 Å². The summed E-state index contributed by atoms with van der Waals surface area (Å²) < 4.78 is 0. The second-order valence-electron chi connectivity index (χ2n) is 4.21. The molecule has 0 aliphatic carbocycles. The van der Waals surface area contributed by atoms with Gasteiger partial charge in [0.2, 0.25) is 0 Å². The molecule has 0 fully saturated rings. The number of nitrogens with two attached hydrogens (primary N) is 2. The molecule has 94 valence electrons. The monoisotopic (exact) mass is 237 g/mol. The number of nitrogens with zero attached hydrogens (tertiary/aromatic N) is 1. The molecular weight excluding hydrogens is 218 g/mol. The van der Waals surface area contributed by atoms with Gasteiger partial charge in [-0.25, -0.2) is 0 Å². The predicted molar refractivity (Wildman–Crippen MR) is 68.5 cm³/mol. The molecule has 0 bridgehead atoms. The van der Waals surface area contributed by atoms with Crippen LogP contribution in [0.1, 0.15) is 23.7 Å². The van der Waals surface area contributed by atoms with Crippen LogP contribution in [-0.2, 0) is 0 Å². The van der Waals surface area contributed by atoms with Crippen molar-refractivity contribution in [2.24, 2.45) is 0 Å². The van der Waals surface area contributed by atoms with Gasteiger partial charge < -0.3 is 21.5 Å². The summed E-state index contributed by atoms with van der Waals surface area (Å²) in [6, 6.07) is 4.83. The summed E-state index contributed by atoms with van der Waals surface area (Å²) in [6.07, 6.45) is 0.117. The van der Waals surface area contributed by atoms with E-state index in [9.17, 15) is 4.79 Å². The summed E-state index contributed by atoms with van der Waals surface area (Å²) in [5.41, 5.74) is 12.6. The zero-order valence-corrected chi connectivity index (χ0v) is 10.2. The van der Waals surface area contributed by atoms with Crippen LogP contribution in [0.5, 0.6) is 0 Å². The number of hydrogen-bond donors (Lipinski definition) is 3. The molecule has 0 heterocycles. The molecule has 0 saturated carbocycles. The van der Waals surface area contributed by atoms with Gasteiger partial charge in [0, 0.05) is 25.0 Å². The average molecular weight is 237 g/mol. The fourth-order valence-electron chi connectivity index (χ4n) is 1.46. The van der Waals surface area contributed by atoms with Crippen LogP contribution in [0.25, 0.3) is 0 Å². The first kappa shape index (κ1) is 13.3. The number of aliphatic hydroxyl groups excluding tert-OH is 1. The second-order valence-corrected chi connectivity index (χ2v) is 4.21. The summed E-state index contributed by atoms with van der Waals surface area (Å²) in [5.74, 6) is -0.164. The number of rotatable bonds is 4. The van der Waals surface area contributed by atoms with Crippen molar-refractivity contribution in [3.63, 3.8) is 0 Å². The number of hydrogen-bond acceptors (Lipinski definition) is 4. The van der Waals surface area contributed by atoms with Gasteiger partial charge in [-0.2, -0.15) is 0 Å². The summed E-state index contributed by atoms with van der Waals surface area (Å²) in [7, 11) is 1.68. The van der Waals surface area contributed by atoms with Crippen molar-refractivity contribution in [3.05, 3.63) is 23.8 Å². The van der Waals surface area contributed by atoms with Crippen LogP contribution in [0.2, 0.25) is 0 Å². The van der Waals surface area contributed by atoms with E-state index in [-0.39, 0.29) is 5.91 Å². The lowest BCUT2D eigenvalue weighted by Gasteiger charge is -2.19. The van der Waals surface area contributed by atoms with Crippen LogP contribution in [-0.4, -0.2) is 35.6 Å². The highest BCUT2D eigenvalue weighted by atomic mass is 16.3. The molecule has 1 unspecified atom stereocenters. The molecule has 0 saturated heterocycles. The van der Waals surface area contributed by atoms with Gasteiger partial charge >= 0.3 is 0 Å². The minimum atomic E-state index is -0.422. The van der Waals surface area contributed by atoms with Crippen molar-refractivity contribution in [2.75, 3.05) is 25.1 Å². The summed E-state index contributed by atoms with van der Waals surface area (Å²) >= 11 is 0.